The van der Waals surface area contributed by atoms with Crippen LogP contribution in [0.3, 0.4) is 0 Å². The Morgan fingerprint density at radius 1 is 1.57 bits per heavy atom. The van der Waals surface area contributed by atoms with Gasteiger partial charge in [0.15, 0.2) is 5.78 Å². The topological polar surface area (TPSA) is 46.2 Å². The maximum Gasteiger partial charge on any atom is 0.441 e. The average molecular weight is 229 g/mol. The van der Waals surface area contributed by atoms with Crippen molar-refractivity contribution in [1.82, 2.24) is 5.32 Å². The van der Waals surface area contributed by atoms with Gasteiger partial charge in [0.05, 0.1) is 6.04 Å². The summed E-state index contributed by atoms with van der Waals surface area (Å²) in [5.74, 6) is -0.589. The minimum atomic E-state index is -4.29. The molecule has 0 rings (SSSR count). The summed E-state index contributed by atoms with van der Waals surface area (Å²) >= 11 is -0.203. The highest BCUT2D eigenvalue weighted by Gasteiger charge is 2.28. The second-order valence-corrected chi connectivity index (χ2v) is 3.69. The number of amides is 1. The number of hydrogen-bond donors (Lipinski definition) is 1. The summed E-state index contributed by atoms with van der Waals surface area (Å²) in [6.07, 6.45) is 0.294. The van der Waals surface area contributed by atoms with Crippen molar-refractivity contribution in [2.24, 2.45) is 0 Å². The van der Waals surface area contributed by atoms with E-state index >= 15 is 0 Å². The lowest BCUT2D eigenvalue weighted by molar-refractivity contribution is -0.121. The highest BCUT2D eigenvalue weighted by atomic mass is 32.2. The molecule has 0 aromatic carbocycles. The fraction of sp³-hybridized carbons (Fsp3) is 0.714. The summed E-state index contributed by atoms with van der Waals surface area (Å²) in [4.78, 5) is 20.8. The molecule has 0 fully saturated rings. The molecular formula is C7H10F3NO2S. The third-order valence-electron chi connectivity index (χ3n) is 1.43. The van der Waals surface area contributed by atoms with Crippen LogP contribution in [-0.2, 0) is 9.59 Å². The molecule has 1 atom stereocenters. The summed E-state index contributed by atoms with van der Waals surface area (Å²) < 4.78 is 35.0. The van der Waals surface area contributed by atoms with Gasteiger partial charge in [-0.15, -0.1) is 0 Å². The first kappa shape index (κ1) is 13.3. The molecule has 1 amide bonds. The summed E-state index contributed by atoms with van der Waals surface area (Å²) in [7, 11) is 0. The molecule has 14 heavy (non-hydrogen) atoms. The predicted octanol–water partition coefficient (Wildman–Crippen LogP) is 1.33. The fourth-order valence-electron chi connectivity index (χ4n) is 0.779. The van der Waals surface area contributed by atoms with E-state index < -0.39 is 11.6 Å². The van der Waals surface area contributed by atoms with Crippen molar-refractivity contribution in [2.45, 2.75) is 24.9 Å². The molecule has 0 heterocycles. The Hall–Kier alpha value is -0.720. The van der Waals surface area contributed by atoms with Crippen LogP contribution in [0, 0.1) is 0 Å². The standard InChI is InChI=1S/C7H10F3NO2S/c1-5(13)6(11-4-12)2-3-14-7(8,9)10/h4,6H,2-3H2,1H3,(H,11,12)/t6-/m0/s1. The number of ketones is 1. The van der Waals surface area contributed by atoms with Crippen LogP contribution >= 0.6 is 11.8 Å². The van der Waals surface area contributed by atoms with E-state index in [-0.39, 0.29) is 29.7 Å². The maximum atomic E-state index is 11.7. The number of Topliss-reactive ketones (excluding diaryl/α,β-unsaturated/α-hetero) is 1. The van der Waals surface area contributed by atoms with Crippen molar-refractivity contribution in [2.75, 3.05) is 5.75 Å². The maximum absolute atomic E-state index is 11.7. The number of hydrogen-bond acceptors (Lipinski definition) is 3. The van der Waals surface area contributed by atoms with E-state index in [1.165, 1.54) is 6.92 Å². The van der Waals surface area contributed by atoms with Gasteiger partial charge in [-0.25, -0.2) is 0 Å². The number of halogens is 3. The Morgan fingerprint density at radius 2 is 2.14 bits per heavy atom. The Labute approximate surface area is 83.4 Å². The first-order valence-corrected chi connectivity index (χ1v) is 4.76. The lowest BCUT2D eigenvalue weighted by Crippen LogP contribution is -2.34. The predicted molar refractivity (Wildman–Crippen MR) is 46.8 cm³/mol. The van der Waals surface area contributed by atoms with Crippen LogP contribution in [-0.4, -0.2) is 29.5 Å². The van der Waals surface area contributed by atoms with E-state index in [0.29, 0.717) is 6.41 Å². The van der Waals surface area contributed by atoms with E-state index in [9.17, 15) is 22.8 Å². The molecule has 0 aromatic rings. The lowest BCUT2D eigenvalue weighted by Gasteiger charge is -2.12. The molecule has 0 spiro atoms. The molecule has 1 N–H and O–H groups in total. The highest BCUT2D eigenvalue weighted by molar-refractivity contribution is 8.00. The van der Waals surface area contributed by atoms with E-state index in [2.05, 4.69) is 5.32 Å². The number of nitrogens with one attached hydrogen (secondary N) is 1. The molecule has 82 valence electrons. The molecule has 7 heteroatoms. The summed E-state index contributed by atoms with van der Waals surface area (Å²) in [6, 6.07) is -0.817. The zero-order chi connectivity index (χ0) is 11.2. The van der Waals surface area contributed by atoms with Gasteiger partial charge in [-0.3, -0.25) is 9.59 Å². The third kappa shape index (κ3) is 6.76. The molecular weight excluding hydrogens is 219 g/mol. The molecule has 0 unspecified atom stereocenters. The van der Waals surface area contributed by atoms with Gasteiger partial charge in [0.25, 0.3) is 0 Å². The molecule has 0 aliphatic rings. The van der Waals surface area contributed by atoms with Gasteiger partial charge < -0.3 is 5.32 Å². The molecule has 0 bridgehead atoms. The van der Waals surface area contributed by atoms with Crippen LogP contribution in [0.5, 0.6) is 0 Å². The molecule has 0 saturated heterocycles. The number of thioether (sulfide) groups is 1. The van der Waals surface area contributed by atoms with Gasteiger partial charge in [0.2, 0.25) is 6.41 Å². The van der Waals surface area contributed by atoms with E-state index in [0.717, 1.165) is 0 Å². The first-order chi connectivity index (χ1) is 6.37. The van der Waals surface area contributed by atoms with Crippen molar-refractivity contribution in [3.63, 3.8) is 0 Å². The van der Waals surface area contributed by atoms with Gasteiger partial charge in [0, 0.05) is 5.75 Å². The van der Waals surface area contributed by atoms with Gasteiger partial charge >= 0.3 is 5.51 Å². The SMILES string of the molecule is CC(=O)[C@H](CCSC(F)(F)F)NC=O. The Bertz CT molecular complexity index is 208. The second-order valence-electron chi connectivity index (χ2n) is 2.53. The van der Waals surface area contributed by atoms with E-state index in [1.54, 1.807) is 0 Å². The van der Waals surface area contributed by atoms with Gasteiger partial charge in [0.1, 0.15) is 0 Å². The Morgan fingerprint density at radius 3 is 2.50 bits per heavy atom. The normalized spacial score (nSPS) is 13.4. The lowest BCUT2D eigenvalue weighted by atomic mass is 10.1. The van der Waals surface area contributed by atoms with Crippen molar-refractivity contribution in [3.8, 4) is 0 Å². The quantitative estimate of drug-likeness (QED) is 0.699. The van der Waals surface area contributed by atoms with Crippen LogP contribution in [0.4, 0.5) is 13.2 Å². The second kappa shape index (κ2) is 5.90. The van der Waals surface area contributed by atoms with Crippen molar-refractivity contribution >= 4 is 24.0 Å². The molecule has 0 aliphatic heterocycles. The van der Waals surface area contributed by atoms with Crippen LogP contribution in [0.1, 0.15) is 13.3 Å². The monoisotopic (exact) mass is 229 g/mol. The molecule has 0 saturated carbocycles. The van der Waals surface area contributed by atoms with E-state index in [1.807, 2.05) is 0 Å². The summed E-state index contributed by atoms with van der Waals surface area (Å²) in [6.45, 7) is 1.22. The number of carbonyl (C=O) groups is 2. The summed E-state index contributed by atoms with van der Waals surface area (Å²) in [5.41, 5.74) is -4.29. The van der Waals surface area contributed by atoms with Crippen LogP contribution in [0.15, 0.2) is 0 Å². The molecule has 0 radical (unpaired) electrons. The minimum absolute atomic E-state index is 0.0156. The van der Waals surface area contributed by atoms with Gasteiger partial charge in [-0.1, -0.05) is 11.8 Å². The average Bonchev–Trinajstić information content (AvgIpc) is 2.00. The zero-order valence-corrected chi connectivity index (χ0v) is 8.24. The highest BCUT2D eigenvalue weighted by Crippen LogP contribution is 2.30. The Kier molecular flexibility index (Phi) is 5.59. The minimum Gasteiger partial charge on any atom is -0.349 e. The molecule has 0 aromatic heterocycles. The smallest absolute Gasteiger partial charge is 0.349 e. The first-order valence-electron chi connectivity index (χ1n) is 3.77. The number of alkyl halides is 3. The van der Waals surface area contributed by atoms with Gasteiger partial charge in [-0.2, -0.15) is 13.2 Å². The van der Waals surface area contributed by atoms with E-state index in [4.69, 9.17) is 0 Å². The molecule has 3 nitrogen and oxygen atoms in total. The fourth-order valence-corrected chi connectivity index (χ4v) is 1.36. The number of carbonyl (C=O) groups excluding carboxylic acids is 2. The van der Waals surface area contributed by atoms with Crippen molar-refractivity contribution in [1.29, 1.82) is 0 Å². The molecule has 0 aliphatic carbocycles. The van der Waals surface area contributed by atoms with Crippen LogP contribution < -0.4 is 5.32 Å². The summed E-state index contributed by atoms with van der Waals surface area (Å²) in [5, 5.41) is 2.16. The van der Waals surface area contributed by atoms with Gasteiger partial charge in [-0.05, 0) is 13.3 Å². The zero-order valence-electron chi connectivity index (χ0n) is 7.43. The van der Waals surface area contributed by atoms with Crippen LogP contribution in [0.25, 0.3) is 0 Å². The largest absolute Gasteiger partial charge is 0.441 e. The Balaban J connectivity index is 3.83. The van der Waals surface area contributed by atoms with Crippen molar-refractivity contribution in [3.05, 3.63) is 0 Å². The van der Waals surface area contributed by atoms with Crippen LogP contribution in [0.2, 0.25) is 0 Å². The number of rotatable bonds is 6. The van der Waals surface area contributed by atoms with Crippen molar-refractivity contribution < 1.29 is 22.8 Å². The third-order valence-corrected chi connectivity index (χ3v) is 2.20.